The summed E-state index contributed by atoms with van der Waals surface area (Å²) in [6.45, 7) is 0. The largest absolute Gasteiger partial charge is 0.493 e. The Morgan fingerprint density at radius 1 is 1.10 bits per heavy atom. The second kappa shape index (κ2) is 9.02. The summed E-state index contributed by atoms with van der Waals surface area (Å²) < 4.78 is 15.2. The van der Waals surface area contributed by atoms with E-state index in [1.807, 2.05) is 24.3 Å². The minimum Gasteiger partial charge on any atom is -0.493 e. The number of allylic oxidation sites excluding steroid dienone is 2. The third-order valence-corrected chi connectivity index (χ3v) is 2.97. The molecule has 4 heteroatoms. The summed E-state index contributed by atoms with van der Waals surface area (Å²) in [7, 11) is 4.68. The maximum atomic E-state index is 10.9. The van der Waals surface area contributed by atoms with Crippen LogP contribution in [0.25, 0.3) is 0 Å². The van der Waals surface area contributed by atoms with E-state index in [9.17, 15) is 4.79 Å². The highest BCUT2D eigenvalue weighted by Gasteiger charge is 2.08. The lowest BCUT2D eigenvalue weighted by molar-refractivity contribution is -0.140. The minimum absolute atomic E-state index is 0.177. The van der Waals surface area contributed by atoms with Crippen molar-refractivity contribution in [1.82, 2.24) is 0 Å². The topological polar surface area (TPSA) is 44.8 Å². The standard InChI is InChI=1S/C16H22O4/c1-18-14-11-8-10-13(16(14)20-3)9-6-4-5-7-12-15(17)19-2/h4-5,8,10-11H,6-7,9,12H2,1-3H3/b5-4+. The van der Waals surface area contributed by atoms with Crippen LogP contribution in [0.4, 0.5) is 0 Å². The van der Waals surface area contributed by atoms with Crippen LogP contribution in [-0.2, 0) is 16.0 Å². The highest BCUT2D eigenvalue weighted by molar-refractivity contribution is 5.69. The Bertz CT molecular complexity index is 452. The quantitative estimate of drug-likeness (QED) is 0.541. The molecule has 110 valence electrons. The first-order chi connectivity index (χ1) is 9.72. The van der Waals surface area contributed by atoms with E-state index in [2.05, 4.69) is 10.8 Å². The van der Waals surface area contributed by atoms with Gasteiger partial charge in [0, 0.05) is 6.42 Å². The number of rotatable bonds is 8. The fourth-order valence-electron chi connectivity index (χ4n) is 1.93. The fraction of sp³-hybridized carbons (Fsp3) is 0.438. The zero-order valence-electron chi connectivity index (χ0n) is 12.3. The summed E-state index contributed by atoms with van der Waals surface area (Å²) in [4.78, 5) is 10.9. The summed E-state index contributed by atoms with van der Waals surface area (Å²) in [6.07, 6.45) is 6.97. The molecule has 20 heavy (non-hydrogen) atoms. The number of hydrogen-bond donors (Lipinski definition) is 0. The van der Waals surface area contributed by atoms with Crippen molar-refractivity contribution < 1.29 is 19.0 Å². The molecule has 0 aromatic heterocycles. The summed E-state index contributed by atoms with van der Waals surface area (Å²) in [5, 5.41) is 0. The number of para-hydroxylation sites is 1. The first kappa shape index (κ1) is 16.1. The van der Waals surface area contributed by atoms with E-state index >= 15 is 0 Å². The van der Waals surface area contributed by atoms with Gasteiger partial charge in [0.2, 0.25) is 0 Å². The number of carbonyl (C=O) groups excluding carboxylic acids is 1. The normalized spacial score (nSPS) is 10.6. The fourth-order valence-corrected chi connectivity index (χ4v) is 1.93. The second-order valence-electron chi connectivity index (χ2n) is 4.28. The van der Waals surface area contributed by atoms with Crippen LogP contribution in [0.1, 0.15) is 24.8 Å². The van der Waals surface area contributed by atoms with Gasteiger partial charge in [0.05, 0.1) is 21.3 Å². The summed E-state index contributed by atoms with van der Waals surface area (Å²) in [6, 6.07) is 5.87. The van der Waals surface area contributed by atoms with Crippen molar-refractivity contribution in [2.75, 3.05) is 21.3 Å². The lowest BCUT2D eigenvalue weighted by atomic mass is 10.1. The van der Waals surface area contributed by atoms with Crippen molar-refractivity contribution in [3.05, 3.63) is 35.9 Å². The molecular formula is C16H22O4. The predicted octanol–water partition coefficient (Wildman–Crippen LogP) is 3.15. The number of benzene rings is 1. The van der Waals surface area contributed by atoms with Gasteiger partial charge in [-0.25, -0.2) is 0 Å². The zero-order chi connectivity index (χ0) is 14.8. The van der Waals surface area contributed by atoms with E-state index in [0.717, 1.165) is 29.9 Å². The van der Waals surface area contributed by atoms with Crippen LogP contribution >= 0.6 is 0 Å². The first-order valence-corrected chi connectivity index (χ1v) is 6.64. The number of carbonyl (C=O) groups is 1. The van der Waals surface area contributed by atoms with E-state index in [-0.39, 0.29) is 5.97 Å². The zero-order valence-corrected chi connectivity index (χ0v) is 12.3. The van der Waals surface area contributed by atoms with Crippen molar-refractivity contribution in [2.24, 2.45) is 0 Å². The number of ether oxygens (including phenoxy) is 3. The van der Waals surface area contributed by atoms with Crippen molar-refractivity contribution in [3.8, 4) is 11.5 Å². The highest BCUT2D eigenvalue weighted by atomic mass is 16.5. The van der Waals surface area contributed by atoms with Gasteiger partial charge in [-0.05, 0) is 30.9 Å². The lowest BCUT2D eigenvalue weighted by Gasteiger charge is -2.11. The molecule has 4 nitrogen and oxygen atoms in total. The molecule has 0 saturated carbocycles. The van der Waals surface area contributed by atoms with E-state index in [1.54, 1.807) is 14.2 Å². The van der Waals surface area contributed by atoms with Crippen LogP contribution in [0, 0.1) is 0 Å². The van der Waals surface area contributed by atoms with E-state index in [1.165, 1.54) is 7.11 Å². The average molecular weight is 278 g/mol. The Labute approximate surface area is 120 Å². The van der Waals surface area contributed by atoms with Gasteiger partial charge in [-0.2, -0.15) is 0 Å². The monoisotopic (exact) mass is 278 g/mol. The molecule has 0 radical (unpaired) electrons. The maximum absolute atomic E-state index is 10.9. The van der Waals surface area contributed by atoms with Crippen molar-refractivity contribution in [2.45, 2.75) is 25.7 Å². The molecule has 0 aliphatic rings. The first-order valence-electron chi connectivity index (χ1n) is 6.64. The molecule has 1 aromatic carbocycles. The SMILES string of the molecule is COC(=O)CC/C=C/CCc1cccc(OC)c1OC. The van der Waals surface area contributed by atoms with Gasteiger partial charge < -0.3 is 14.2 Å². The third kappa shape index (κ3) is 4.96. The molecule has 0 fully saturated rings. The Balaban J connectivity index is 2.46. The van der Waals surface area contributed by atoms with Crippen LogP contribution < -0.4 is 9.47 Å². The molecule has 0 unspecified atom stereocenters. The average Bonchev–Trinajstić information content (AvgIpc) is 2.49. The number of esters is 1. The Morgan fingerprint density at radius 3 is 2.50 bits per heavy atom. The van der Waals surface area contributed by atoms with E-state index in [4.69, 9.17) is 9.47 Å². The summed E-state index contributed by atoms with van der Waals surface area (Å²) >= 11 is 0. The molecule has 1 aromatic rings. The van der Waals surface area contributed by atoms with Gasteiger partial charge in [-0.1, -0.05) is 24.3 Å². The molecule has 0 aliphatic heterocycles. The summed E-state index contributed by atoms with van der Waals surface area (Å²) in [5.41, 5.74) is 1.12. The number of aryl methyl sites for hydroxylation is 1. The Hall–Kier alpha value is -1.97. The highest BCUT2D eigenvalue weighted by Crippen LogP contribution is 2.31. The van der Waals surface area contributed by atoms with E-state index in [0.29, 0.717) is 12.8 Å². The summed E-state index contributed by atoms with van der Waals surface area (Å²) in [5.74, 6) is 1.36. The molecule has 0 spiro atoms. The molecule has 0 atom stereocenters. The van der Waals surface area contributed by atoms with Gasteiger partial charge in [0.25, 0.3) is 0 Å². The maximum Gasteiger partial charge on any atom is 0.305 e. The molecule has 0 heterocycles. The molecule has 0 amide bonds. The molecule has 0 bridgehead atoms. The van der Waals surface area contributed by atoms with Crippen molar-refractivity contribution >= 4 is 5.97 Å². The minimum atomic E-state index is -0.177. The molecular weight excluding hydrogens is 256 g/mol. The van der Waals surface area contributed by atoms with Crippen molar-refractivity contribution in [3.63, 3.8) is 0 Å². The van der Waals surface area contributed by atoms with Crippen LogP contribution in [0.3, 0.4) is 0 Å². The Kier molecular flexibility index (Phi) is 7.25. The number of methoxy groups -OCH3 is 3. The smallest absolute Gasteiger partial charge is 0.305 e. The predicted molar refractivity (Wildman–Crippen MR) is 78.3 cm³/mol. The molecule has 1 rings (SSSR count). The van der Waals surface area contributed by atoms with Gasteiger partial charge >= 0.3 is 5.97 Å². The van der Waals surface area contributed by atoms with Crippen LogP contribution in [0.2, 0.25) is 0 Å². The van der Waals surface area contributed by atoms with Crippen molar-refractivity contribution in [1.29, 1.82) is 0 Å². The van der Waals surface area contributed by atoms with Crippen LogP contribution in [0.15, 0.2) is 30.4 Å². The second-order valence-corrected chi connectivity index (χ2v) is 4.28. The molecule has 0 aliphatic carbocycles. The lowest BCUT2D eigenvalue weighted by Crippen LogP contribution is -1.98. The van der Waals surface area contributed by atoms with Gasteiger partial charge in [-0.15, -0.1) is 0 Å². The number of hydrogen-bond acceptors (Lipinski definition) is 4. The molecule has 0 saturated heterocycles. The van der Waals surface area contributed by atoms with Gasteiger partial charge in [0.1, 0.15) is 0 Å². The van der Waals surface area contributed by atoms with Gasteiger partial charge in [0.15, 0.2) is 11.5 Å². The van der Waals surface area contributed by atoms with Gasteiger partial charge in [-0.3, -0.25) is 4.79 Å². The molecule has 0 N–H and O–H groups in total. The third-order valence-electron chi connectivity index (χ3n) is 2.97. The Morgan fingerprint density at radius 2 is 1.85 bits per heavy atom. The van der Waals surface area contributed by atoms with Crippen LogP contribution in [-0.4, -0.2) is 27.3 Å². The van der Waals surface area contributed by atoms with E-state index < -0.39 is 0 Å². The van der Waals surface area contributed by atoms with Crippen LogP contribution in [0.5, 0.6) is 11.5 Å².